The van der Waals surface area contributed by atoms with Crippen LogP contribution in [0.4, 0.5) is 10.5 Å². The Kier molecular flexibility index (Phi) is 5.98. The zero-order chi connectivity index (χ0) is 16.8. The first kappa shape index (κ1) is 17.6. The Hall–Kier alpha value is -2.50. The summed E-state index contributed by atoms with van der Waals surface area (Å²) in [6.07, 6.45) is 3.57. The van der Waals surface area contributed by atoms with Crippen LogP contribution in [-0.4, -0.2) is 29.3 Å². The zero-order valence-electron chi connectivity index (χ0n) is 13.1. The number of ether oxygens (including phenoxy) is 1. The number of hydrogen-bond donors (Lipinski definition) is 3. The number of nitrogens with one attached hydrogen (secondary N) is 1. The molecule has 0 spiro atoms. The summed E-state index contributed by atoms with van der Waals surface area (Å²) in [7, 11) is 0. The highest BCUT2D eigenvalue weighted by Gasteiger charge is 2.15. The molecule has 0 aromatic heterocycles. The highest BCUT2D eigenvalue weighted by Crippen LogP contribution is 2.15. The van der Waals surface area contributed by atoms with Crippen molar-refractivity contribution in [1.82, 2.24) is 5.32 Å². The Balaban J connectivity index is 2.50. The fraction of sp³-hybridized carbons (Fsp3) is 0.375. The van der Waals surface area contributed by atoms with E-state index in [4.69, 9.17) is 15.6 Å². The van der Waals surface area contributed by atoms with Crippen LogP contribution in [0, 0.1) is 0 Å². The van der Waals surface area contributed by atoms with E-state index >= 15 is 0 Å². The summed E-state index contributed by atoms with van der Waals surface area (Å²) in [5.41, 5.74) is 6.17. The van der Waals surface area contributed by atoms with Gasteiger partial charge in [-0.15, -0.1) is 0 Å². The van der Waals surface area contributed by atoms with Crippen molar-refractivity contribution in [2.45, 2.75) is 32.8 Å². The first-order valence-corrected chi connectivity index (χ1v) is 6.95. The second kappa shape index (κ2) is 7.49. The summed E-state index contributed by atoms with van der Waals surface area (Å²) in [5, 5.41) is 11.7. The lowest BCUT2D eigenvalue weighted by atomic mass is 10.1. The minimum Gasteiger partial charge on any atom is -0.478 e. The lowest BCUT2D eigenvalue weighted by Gasteiger charge is -2.19. The number of anilines is 1. The molecule has 0 aliphatic heterocycles. The van der Waals surface area contributed by atoms with Gasteiger partial charge >= 0.3 is 12.1 Å². The van der Waals surface area contributed by atoms with Crippen LogP contribution in [0.15, 0.2) is 24.3 Å². The first-order valence-electron chi connectivity index (χ1n) is 6.95. The van der Waals surface area contributed by atoms with Crippen molar-refractivity contribution in [1.29, 1.82) is 0 Å². The van der Waals surface area contributed by atoms with Crippen LogP contribution >= 0.6 is 0 Å². The highest BCUT2D eigenvalue weighted by atomic mass is 16.6. The van der Waals surface area contributed by atoms with E-state index in [1.807, 2.05) is 0 Å². The molecule has 6 heteroatoms. The normalized spacial score (nSPS) is 11.4. The molecule has 0 atom stereocenters. The van der Waals surface area contributed by atoms with Crippen LogP contribution in [0.2, 0.25) is 0 Å². The molecule has 1 aromatic carbocycles. The predicted octanol–water partition coefficient (Wildman–Crippen LogP) is 2.90. The molecule has 120 valence electrons. The Morgan fingerprint density at radius 3 is 2.64 bits per heavy atom. The van der Waals surface area contributed by atoms with Crippen molar-refractivity contribution < 1.29 is 19.4 Å². The van der Waals surface area contributed by atoms with Gasteiger partial charge in [0.2, 0.25) is 0 Å². The molecule has 22 heavy (non-hydrogen) atoms. The van der Waals surface area contributed by atoms with Crippen LogP contribution in [0.3, 0.4) is 0 Å². The van der Waals surface area contributed by atoms with E-state index in [0.29, 0.717) is 24.2 Å². The molecule has 0 fully saturated rings. The Morgan fingerprint density at radius 1 is 1.36 bits per heavy atom. The summed E-state index contributed by atoms with van der Waals surface area (Å²) in [6.45, 7) is 5.78. The quantitative estimate of drug-likeness (QED) is 0.573. The number of nitrogens with two attached hydrogens (primary N) is 1. The number of benzene rings is 1. The van der Waals surface area contributed by atoms with Gasteiger partial charge in [0, 0.05) is 12.2 Å². The Labute approximate surface area is 130 Å². The van der Waals surface area contributed by atoms with Gasteiger partial charge in [0.15, 0.2) is 0 Å². The minimum absolute atomic E-state index is 0.149. The van der Waals surface area contributed by atoms with Crippen LogP contribution in [-0.2, 0) is 4.74 Å². The molecule has 1 rings (SSSR count). The van der Waals surface area contributed by atoms with E-state index in [0.717, 1.165) is 0 Å². The lowest BCUT2D eigenvalue weighted by molar-refractivity contribution is 0.0528. The number of rotatable bonds is 5. The number of aromatic carboxylic acids is 1. The number of carboxylic acids is 1. The number of carboxylic acid groups (broad SMARTS) is 1. The fourth-order valence-corrected chi connectivity index (χ4v) is 1.69. The molecule has 1 aromatic rings. The topological polar surface area (TPSA) is 102 Å². The second-order valence-corrected chi connectivity index (χ2v) is 5.77. The predicted molar refractivity (Wildman–Crippen MR) is 85.7 cm³/mol. The van der Waals surface area contributed by atoms with Crippen LogP contribution < -0.4 is 11.1 Å². The average molecular weight is 306 g/mol. The van der Waals surface area contributed by atoms with Gasteiger partial charge in [0.25, 0.3) is 0 Å². The summed E-state index contributed by atoms with van der Waals surface area (Å²) < 4.78 is 5.10. The number of carbonyl (C=O) groups excluding carboxylic acids is 1. The summed E-state index contributed by atoms with van der Waals surface area (Å²) in [6, 6.07) is 4.71. The maximum atomic E-state index is 11.4. The standard InChI is InChI=1S/C16H22N2O4/c1-16(2,3)22-15(21)18-9-5-4-6-11-7-8-12(17)10-13(11)14(19)20/h4,6-8,10H,5,9,17H2,1-3H3,(H,18,21)(H,19,20). The lowest BCUT2D eigenvalue weighted by Crippen LogP contribution is -2.32. The van der Waals surface area contributed by atoms with E-state index in [9.17, 15) is 9.59 Å². The fourth-order valence-electron chi connectivity index (χ4n) is 1.69. The van der Waals surface area contributed by atoms with Crippen molar-refractivity contribution in [3.8, 4) is 0 Å². The average Bonchev–Trinajstić information content (AvgIpc) is 2.37. The number of amides is 1. The van der Waals surface area contributed by atoms with Gasteiger partial charge in [-0.3, -0.25) is 0 Å². The molecule has 0 heterocycles. The largest absolute Gasteiger partial charge is 0.478 e. The Morgan fingerprint density at radius 2 is 2.05 bits per heavy atom. The zero-order valence-corrected chi connectivity index (χ0v) is 13.1. The van der Waals surface area contributed by atoms with Gasteiger partial charge < -0.3 is 20.9 Å². The van der Waals surface area contributed by atoms with E-state index in [1.165, 1.54) is 6.07 Å². The van der Waals surface area contributed by atoms with Gasteiger partial charge in [-0.2, -0.15) is 0 Å². The third-order valence-corrected chi connectivity index (χ3v) is 2.58. The second-order valence-electron chi connectivity index (χ2n) is 5.77. The van der Waals surface area contributed by atoms with E-state index in [-0.39, 0.29) is 5.56 Å². The molecule has 0 bridgehead atoms. The van der Waals surface area contributed by atoms with Gasteiger partial charge in [0.1, 0.15) is 5.60 Å². The summed E-state index contributed by atoms with van der Waals surface area (Å²) in [4.78, 5) is 22.5. The van der Waals surface area contributed by atoms with Gasteiger partial charge in [-0.1, -0.05) is 18.2 Å². The molecule has 0 unspecified atom stereocenters. The molecule has 1 amide bonds. The van der Waals surface area contributed by atoms with Crippen LogP contribution in [0.1, 0.15) is 43.1 Å². The highest BCUT2D eigenvalue weighted by molar-refractivity contribution is 5.93. The molecular formula is C16H22N2O4. The molecule has 0 aliphatic carbocycles. The molecular weight excluding hydrogens is 284 g/mol. The van der Waals surface area contributed by atoms with E-state index in [1.54, 1.807) is 45.1 Å². The number of nitrogen functional groups attached to an aromatic ring is 1. The molecule has 0 saturated heterocycles. The van der Waals surface area contributed by atoms with Gasteiger partial charge in [-0.25, -0.2) is 9.59 Å². The van der Waals surface area contributed by atoms with Crippen molar-refractivity contribution in [3.05, 3.63) is 35.4 Å². The van der Waals surface area contributed by atoms with Crippen molar-refractivity contribution in [2.75, 3.05) is 12.3 Å². The maximum absolute atomic E-state index is 11.4. The summed E-state index contributed by atoms with van der Waals surface area (Å²) >= 11 is 0. The molecule has 4 N–H and O–H groups in total. The Bertz CT molecular complexity index is 574. The molecule has 6 nitrogen and oxygen atoms in total. The van der Waals surface area contributed by atoms with Crippen LogP contribution in [0.5, 0.6) is 0 Å². The van der Waals surface area contributed by atoms with Crippen molar-refractivity contribution >= 4 is 23.8 Å². The van der Waals surface area contributed by atoms with Crippen LogP contribution in [0.25, 0.3) is 6.08 Å². The van der Waals surface area contributed by atoms with Crippen molar-refractivity contribution in [2.24, 2.45) is 0 Å². The minimum atomic E-state index is -1.03. The van der Waals surface area contributed by atoms with Crippen molar-refractivity contribution in [3.63, 3.8) is 0 Å². The number of carbonyl (C=O) groups is 2. The smallest absolute Gasteiger partial charge is 0.407 e. The first-order chi connectivity index (χ1) is 10.2. The van der Waals surface area contributed by atoms with E-state index in [2.05, 4.69) is 5.32 Å². The summed E-state index contributed by atoms with van der Waals surface area (Å²) in [5.74, 6) is -1.03. The van der Waals surface area contributed by atoms with Gasteiger partial charge in [0.05, 0.1) is 5.56 Å². The third kappa shape index (κ3) is 6.30. The number of hydrogen-bond acceptors (Lipinski definition) is 4. The molecule has 0 radical (unpaired) electrons. The molecule has 0 saturated carbocycles. The monoisotopic (exact) mass is 306 g/mol. The maximum Gasteiger partial charge on any atom is 0.407 e. The van der Waals surface area contributed by atoms with Gasteiger partial charge in [-0.05, 0) is 44.9 Å². The van der Waals surface area contributed by atoms with E-state index < -0.39 is 17.7 Å². The number of alkyl carbamates (subject to hydrolysis) is 1. The third-order valence-electron chi connectivity index (χ3n) is 2.58. The molecule has 0 aliphatic rings. The SMILES string of the molecule is CC(C)(C)OC(=O)NCCC=Cc1ccc(N)cc1C(=O)O.